The Bertz CT molecular complexity index is 379. The summed E-state index contributed by atoms with van der Waals surface area (Å²) in [7, 11) is 0. The summed E-state index contributed by atoms with van der Waals surface area (Å²) >= 11 is 0. The summed E-state index contributed by atoms with van der Waals surface area (Å²) in [6.07, 6.45) is 0.314. The van der Waals surface area contributed by atoms with Crippen molar-refractivity contribution in [2.24, 2.45) is 0 Å². The zero-order chi connectivity index (χ0) is 9.84. The molecule has 0 unspecified atom stereocenters. The van der Waals surface area contributed by atoms with Gasteiger partial charge in [-0.2, -0.15) is 5.26 Å². The predicted octanol–water partition coefficient (Wildman–Crippen LogP) is 2.29. The summed E-state index contributed by atoms with van der Waals surface area (Å²) in [5, 5.41) is 8.51. The van der Waals surface area contributed by atoms with Crippen molar-refractivity contribution in [3.8, 4) is 6.07 Å². The maximum Gasteiger partial charge on any atom is 0.162 e. The summed E-state index contributed by atoms with van der Waals surface area (Å²) in [6, 6.07) is 5.44. The average Bonchev–Trinajstić information content (AvgIpc) is 2.15. The number of carbonyl (C=O) groups is 1. The van der Waals surface area contributed by atoms with Crippen LogP contribution >= 0.6 is 0 Å². The number of nitriles is 1. The van der Waals surface area contributed by atoms with Crippen LogP contribution in [0.4, 0.5) is 4.39 Å². The zero-order valence-electron chi connectivity index (χ0n) is 7.17. The van der Waals surface area contributed by atoms with Gasteiger partial charge in [0.1, 0.15) is 5.82 Å². The molecule has 0 heterocycles. The minimum absolute atomic E-state index is 0.156. The molecule has 2 nitrogen and oxygen atoms in total. The third kappa shape index (κ3) is 2.12. The highest BCUT2D eigenvalue weighted by molar-refractivity contribution is 5.96. The lowest BCUT2D eigenvalue weighted by Crippen LogP contribution is -1.97. The third-order valence-electron chi connectivity index (χ3n) is 1.67. The Morgan fingerprint density at radius 1 is 1.54 bits per heavy atom. The molecule has 0 bridgehead atoms. The molecule has 1 aromatic rings. The van der Waals surface area contributed by atoms with Gasteiger partial charge in [0.2, 0.25) is 0 Å². The van der Waals surface area contributed by atoms with Crippen molar-refractivity contribution >= 4 is 5.78 Å². The summed E-state index contributed by atoms with van der Waals surface area (Å²) in [5.41, 5.74) is 0.441. The minimum Gasteiger partial charge on any atom is -0.294 e. The first-order valence-corrected chi connectivity index (χ1v) is 3.91. The Labute approximate surface area is 75.6 Å². The Morgan fingerprint density at radius 3 is 2.77 bits per heavy atom. The average molecular weight is 177 g/mol. The Morgan fingerprint density at radius 2 is 2.23 bits per heavy atom. The lowest BCUT2D eigenvalue weighted by Gasteiger charge is -1.98. The number of rotatable bonds is 2. The number of Topliss-reactive ketones (excluding diaryl/α,β-unsaturated/α-hetero) is 1. The molecule has 13 heavy (non-hydrogen) atoms. The fourth-order valence-electron chi connectivity index (χ4n) is 1.02. The van der Waals surface area contributed by atoms with Gasteiger partial charge in [0.05, 0.1) is 11.6 Å². The molecule has 0 atom stereocenters. The van der Waals surface area contributed by atoms with Gasteiger partial charge in [-0.05, 0) is 18.2 Å². The lowest BCUT2D eigenvalue weighted by molar-refractivity contribution is 0.0987. The Balaban J connectivity index is 3.17. The SMILES string of the molecule is CCC(=O)c1cc(F)cc(C#N)c1. The fraction of sp³-hybridized carbons (Fsp3) is 0.200. The highest BCUT2D eigenvalue weighted by Gasteiger charge is 2.06. The number of halogens is 1. The summed E-state index contributed by atoms with van der Waals surface area (Å²) in [4.78, 5) is 11.2. The van der Waals surface area contributed by atoms with E-state index < -0.39 is 5.82 Å². The van der Waals surface area contributed by atoms with Gasteiger partial charge in [-0.15, -0.1) is 0 Å². The van der Waals surface area contributed by atoms with E-state index in [-0.39, 0.29) is 16.9 Å². The molecular formula is C10H8FNO. The van der Waals surface area contributed by atoms with Crippen molar-refractivity contribution in [2.45, 2.75) is 13.3 Å². The topological polar surface area (TPSA) is 40.9 Å². The van der Waals surface area contributed by atoms with Crippen LogP contribution in [0.3, 0.4) is 0 Å². The minimum atomic E-state index is -0.546. The van der Waals surface area contributed by atoms with Gasteiger partial charge in [0, 0.05) is 12.0 Å². The van der Waals surface area contributed by atoms with E-state index in [9.17, 15) is 9.18 Å². The van der Waals surface area contributed by atoms with E-state index in [1.165, 1.54) is 6.07 Å². The van der Waals surface area contributed by atoms with E-state index in [4.69, 9.17) is 5.26 Å². The van der Waals surface area contributed by atoms with Crippen molar-refractivity contribution in [1.82, 2.24) is 0 Å². The molecule has 0 saturated carbocycles. The Hall–Kier alpha value is -1.69. The van der Waals surface area contributed by atoms with E-state index >= 15 is 0 Å². The number of benzene rings is 1. The quantitative estimate of drug-likeness (QED) is 0.650. The van der Waals surface area contributed by atoms with Crippen LogP contribution in [0, 0.1) is 17.1 Å². The predicted molar refractivity (Wildman–Crippen MR) is 45.7 cm³/mol. The second kappa shape index (κ2) is 3.81. The molecule has 0 N–H and O–H groups in total. The van der Waals surface area contributed by atoms with Crippen LogP contribution in [0.1, 0.15) is 29.3 Å². The molecule has 0 fully saturated rings. The Kier molecular flexibility index (Phi) is 2.76. The second-order valence-electron chi connectivity index (χ2n) is 2.62. The number of hydrogen-bond donors (Lipinski definition) is 0. The smallest absolute Gasteiger partial charge is 0.162 e. The molecule has 0 aliphatic carbocycles. The van der Waals surface area contributed by atoms with Gasteiger partial charge >= 0.3 is 0 Å². The first-order valence-electron chi connectivity index (χ1n) is 3.91. The molecule has 0 saturated heterocycles. The standard InChI is InChI=1S/C10H8FNO/c1-2-10(13)8-3-7(6-12)4-9(11)5-8/h3-5H,2H2,1H3. The van der Waals surface area contributed by atoms with Gasteiger partial charge in [-0.1, -0.05) is 6.92 Å². The van der Waals surface area contributed by atoms with Crippen LogP contribution in [0.2, 0.25) is 0 Å². The summed E-state index contributed by atoms with van der Waals surface area (Å²) < 4.78 is 12.8. The van der Waals surface area contributed by atoms with Crippen molar-refractivity contribution in [2.75, 3.05) is 0 Å². The number of hydrogen-bond acceptors (Lipinski definition) is 2. The van der Waals surface area contributed by atoms with Crippen LogP contribution in [-0.2, 0) is 0 Å². The molecule has 1 rings (SSSR count). The van der Waals surface area contributed by atoms with Gasteiger partial charge in [0.15, 0.2) is 5.78 Å². The van der Waals surface area contributed by atoms with Crippen molar-refractivity contribution in [1.29, 1.82) is 5.26 Å². The highest BCUT2D eigenvalue weighted by atomic mass is 19.1. The van der Waals surface area contributed by atoms with Gasteiger partial charge in [-0.25, -0.2) is 4.39 Å². The monoisotopic (exact) mass is 177 g/mol. The van der Waals surface area contributed by atoms with E-state index in [1.807, 2.05) is 0 Å². The molecule has 0 radical (unpaired) electrons. The largest absolute Gasteiger partial charge is 0.294 e. The van der Waals surface area contributed by atoms with E-state index in [0.29, 0.717) is 6.42 Å². The fourth-order valence-corrected chi connectivity index (χ4v) is 1.02. The van der Waals surface area contributed by atoms with Gasteiger partial charge < -0.3 is 0 Å². The first-order chi connectivity index (χ1) is 6.17. The number of carbonyl (C=O) groups excluding carboxylic acids is 1. The number of ketones is 1. The molecule has 0 amide bonds. The normalized spacial score (nSPS) is 9.31. The highest BCUT2D eigenvalue weighted by Crippen LogP contribution is 2.10. The molecule has 1 aromatic carbocycles. The first kappa shape index (κ1) is 9.40. The maximum atomic E-state index is 12.8. The third-order valence-corrected chi connectivity index (χ3v) is 1.67. The van der Waals surface area contributed by atoms with E-state index in [2.05, 4.69) is 0 Å². The van der Waals surface area contributed by atoms with E-state index in [0.717, 1.165) is 12.1 Å². The maximum absolute atomic E-state index is 12.8. The molecule has 0 aliphatic heterocycles. The van der Waals surface area contributed by atoms with Crippen LogP contribution in [-0.4, -0.2) is 5.78 Å². The van der Waals surface area contributed by atoms with Gasteiger partial charge in [0.25, 0.3) is 0 Å². The van der Waals surface area contributed by atoms with Crippen LogP contribution in [0.15, 0.2) is 18.2 Å². The van der Waals surface area contributed by atoms with E-state index in [1.54, 1.807) is 13.0 Å². The molecule has 0 spiro atoms. The molecule has 3 heteroatoms. The summed E-state index contributed by atoms with van der Waals surface area (Å²) in [6.45, 7) is 1.69. The van der Waals surface area contributed by atoms with Crippen molar-refractivity contribution in [3.63, 3.8) is 0 Å². The molecule has 0 aromatic heterocycles. The molecular weight excluding hydrogens is 169 g/mol. The molecule has 0 aliphatic rings. The molecule has 66 valence electrons. The lowest BCUT2D eigenvalue weighted by atomic mass is 10.1. The zero-order valence-corrected chi connectivity index (χ0v) is 7.17. The summed E-state index contributed by atoms with van der Waals surface area (Å²) in [5.74, 6) is -0.702. The second-order valence-corrected chi connectivity index (χ2v) is 2.62. The van der Waals surface area contributed by atoms with Crippen molar-refractivity contribution < 1.29 is 9.18 Å². The number of nitrogens with zero attached hydrogens (tertiary/aromatic N) is 1. The van der Waals surface area contributed by atoms with Crippen LogP contribution in [0.5, 0.6) is 0 Å². The van der Waals surface area contributed by atoms with Crippen LogP contribution < -0.4 is 0 Å². The van der Waals surface area contributed by atoms with Crippen molar-refractivity contribution in [3.05, 3.63) is 35.1 Å². The van der Waals surface area contributed by atoms with Crippen LogP contribution in [0.25, 0.3) is 0 Å². The van der Waals surface area contributed by atoms with Gasteiger partial charge in [-0.3, -0.25) is 4.79 Å².